The van der Waals surface area contributed by atoms with Crippen LogP contribution >= 0.6 is 0 Å². The molecule has 0 bridgehead atoms. The minimum Gasteiger partial charge on any atom is -0.463 e. The van der Waals surface area contributed by atoms with E-state index in [4.69, 9.17) is 19.9 Å². The summed E-state index contributed by atoms with van der Waals surface area (Å²) in [6.07, 6.45) is 4.07. The molecule has 3 rings (SSSR count). The highest BCUT2D eigenvalue weighted by Gasteiger charge is 2.23. The molecule has 3 N–H and O–H groups in total. The highest BCUT2D eigenvalue weighted by molar-refractivity contribution is 5.81. The van der Waals surface area contributed by atoms with E-state index in [9.17, 15) is 9.59 Å². The van der Waals surface area contributed by atoms with Crippen LogP contribution in [0.25, 0.3) is 11.2 Å². The number of fused-ring (bicyclic) bond motifs is 1. The second kappa shape index (κ2) is 11.0. The monoisotopic (exact) mass is 436 g/mol. The molecule has 0 radical (unpaired) electrons. The van der Waals surface area contributed by atoms with Crippen molar-refractivity contribution in [2.24, 2.45) is 5.92 Å². The molecule has 0 aliphatic carbocycles. The summed E-state index contributed by atoms with van der Waals surface area (Å²) >= 11 is 0. The summed E-state index contributed by atoms with van der Waals surface area (Å²) in [7, 11) is 1.40. The number of unbranched alkanes of at least 4 members (excludes halogenated alkanes) is 1. The fraction of sp³-hybridized carbons (Fsp3) is 0.700. The summed E-state index contributed by atoms with van der Waals surface area (Å²) in [4.78, 5) is 36.8. The second-order valence-corrected chi connectivity index (χ2v) is 7.70. The number of likely N-dealkylation sites (tertiary alicyclic amines) is 1. The smallest absolute Gasteiger partial charge is 0.409 e. The second-order valence-electron chi connectivity index (χ2n) is 7.70. The molecule has 0 unspecified atom stereocenters. The van der Waals surface area contributed by atoms with Crippen molar-refractivity contribution in [3.05, 3.63) is 10.5 Å². The van der Waals surface area contributed by atoms with Gasteiger partial charge in [-0.05, 0) is 31.6 Å². The third-order valence-corrected chi connectivity index (χ3v) is 5.43. The summed E-state index contributed by atoms with van der Waals surface area (Å²) in [6.45, 7) is 5.56. The fourth-order valence-corrected chi connectivity index (χ4v) is 3.60. The van der Waals surface area contributed by atoms with Crippen molar-refractivity contribution in [2.75, 3.05) is 45.8 Å². The van der Waals surface area contributed by atoms with Crippen molar-refractivity contribution < 1.29 is 19.0 Å². The van der Waals surface area contributed by atoms with Crippen LogP contribution in [0.3, 0.4) is 0 Å². The van der Waals surface area contributed by atoms with E-state index in [0.717, 1.165) is 25.7 Å². The number of anilines is 1. The lowest BCUT2D eigenvalue weighted by molar-refractivity contribution is 0.0588. The first kappa shape index (κ1) is 22.9. The average Bonchev–Trinajstić information content (AvgIpc) is 3.09. The molecule has 172 valence electrons. The number of piperidine rings is 1. The number of carbonyl (C=O) groups is 1. The SMILES string of the molecule is CCCCOc1nc(N)c2[nH]c(=O)n(CCCOCC3CCN(C(=O)OC)CC3)c2n1. The van der Waals surface area contributed by atoms with Gasteiger partial charge in [0.2, 0.25) is 0 Å². The van der Waals surface area contributed by atoms with Gasteiger partial charge in [-0.2, -0.15) is 9.97 Å². The Morgan fingerprint density at radius 2 is 2.00 bits per heavy atom. The van der Waals surface area contributed by atoms with E-state index < -0.39 is 0 Å². The number of methoxy groups -OCH3 is 1. The molecule has 1 fully saturated rings. The lowest BCUT2D eigenvalue weighted by Crippen LogP contribution is -2.39. The number of hydrogen-bond donors (Lipinski definition) is 2. The number of H-pyrrole nitrogens is 1. The molecule has 11 heteroatoms. The Hall–Kier alpha value is -2.82. The predicted molar refractivity (Wildman–Crippen MR) is 115 cm³/mol. The maximum absolute atomic E-state index is 12.3. The van der Waals surface area contributed by atoms with Gasteiger partial charge in [0.25, 0.3) is 0 Å². The number of hydrogen-bond acceptors (Lipinski definition) is 8. The molecule has 0 aromatic carbocycles. The Balaban J connectivity index is 1.48. The molecule has 2 aromatic heterocycles. The fourth-order valence-electron chi connectivity index (χ4n) is 3.60. The maximum atomic E-state index is 12.3. The van der Waals surface area contributed by atoms with E-state index in [1.807, 2.05) is 0 Å². The van der Waals surface area contributed by atoms with Gasteiger partial charge < -0.3 is 29.8 Å². The molecule has 0 spiro atoms. The van der Waals surface area contributed by atoms with Crippen molar-refractivity contribution in [2.45, 2.75) is 45.6 Å². The molecule has 2 aromatic rings. The van der Waals surface area contributed by atoms with Crippen LogP contribution in [0, 0.1) is 5.92 Å². The normalized spacial score (nSPS) is 14.8. The molecule has 3 heterocycles. The van der Waals surface area contributed by atoms with Crippen LogP contribution < -0.4 is 16.2 Å². The number of nitrogens with two attached hydrogens (primary N) is 1. The van der Waals surface area contributed by atoms with Crippen LogP contribution in [0.5, 0.6) is 6.01 Å². The number of amides is 1. The molecular weight excluding hydrogens is 404 g/mol. The molecule has 0 atom stereocenters. The van der Waals surface area contributed by atoms with Gasteiger partial charge in [0.1, 0.15) is 5.52 Å². The van der Waals surface area contributed by atoms with Gasteiger partial charge in [-0.3, -0.25) is 4.57 Å². The van der Waals surface area contributed by atoms with Crippen molar-refractivity contribution in [1.82, 2.24) is 24.4 Å². The Kier molecular flexibility index (Phi) is 8.10. The van der Waals surface area contributed by atoms with E-state index in [-0.39, 0.29) is 23.6 Å². The molecule has 11 nitrogen and oxygen atoms in total. The average molecular weight is 437 g/mol. The van der Waals surface area contributed by atoms with Crippen LogP contribution in [0.1, 0.15) is 39.0 Å². The number of nitrogen functional groups attached to an aromatic ring is 1. The van der Waals surface area contributed by atoms with Gasteiger partial charge in [0.15, 0.2) is 11.5 Å². The van der Waals surface area contributed by atoms with Gasteiger partial charge >= 0.3 is 17.8 Å². The van der Waals surface area contributed by atoms with Gasteiger partial charge in [-0.15, -0.1) is 0 Å². The predicted octanol–water partition coefficient (Wildman–Crippen LogP) is 1.77. The molecule has 31 heavy (non-hydrogen) atoms. The number of imidazole rings is 1. The number of ether oxygens (including phenoxy) is 3. The molecule has 1 aliphatic rings. The van der Waals surface area contributed by atoms with Crippen LogP contribution in [0.2, 0.25) is 0 Å². The van der Waals surface area contributed by atoms with Gasteiger partial charge in [-0.25, -0.2) is 9.59 Å². The Morgan fingerprint density at radius 1 is 1.23 bits per heavy atom. The van der Waals surface area contributed by atoms with Crippen molar-refractivity contribution in [3.8, 4) is 6.01 Å². The summed E-state index contributed by atoms with van der Waals surface area (Å²) in [6, 6.07) is 0.181. The first-order valence-corrected chi connectivity index (χ1v) is 10.8. The van der Waals surface area contributed by atoms with Gasteiger partial charge in [-0.1, -0.05) is 13.3 Å². The Bertz CT molecular complexity index is 919. The van der Waals surface area contributed by atoms with Crippen molar-refractivity contribution in [3.63, 3.8) is 0 Å². The minimum absolute atomic E-state index is 0.181. The highest BCUT2D eigenvalue weighted by atomic mass is 16.5. The minimum atomic E-state index is -0.281. The number of rotatable bonds is 10. The van der Waals surface area contributed by atoms with Gasteiger partial charge in [0.05, 0.1) is 13.7 Å². The van der Waals surface area contributed by atoms with Crippen LogP contribution in [0.4, 0.5) is 10.6 Å². The third-order valence-electron chi connectivity index (χ3n) is 5.43. The summed E-state index contributed by atoms with van der Waals surface area (Å²) in [5.41, 5.74) is 6.55. The topological polar surface area (TPSA) is 138 Å². The highest BCUT2D eigenvalue weighted by Crippen LogP contribution is 2.19. The van der Waals surface area contributed by atoms with Crippen LogP contribution in [0.15, 0.2) is 4.79 Å². The number of aryl methyl sites for hydroxylation is 1. The van der Waals surface area contributed by atoms with Crippen molar-refractivity contribution in [1.29, 1.82) is 0 Å². The lowest BCUT2D eigenvalue weighted by atomic mass is 9.98. The van der Waals surface area contributed by atoms with E-state index in [1.165, 1.54) is 11.7 Å². The van der Waals surface area contributed by atoms with E-state index in [2.05, 4.69) is 21.9 Å². The third kappa shape index (κ3) is 5.87. The zero-order valence-electron chi connectivity index (χ0n) is 18.3. The summed E-state index contributed by atoms with van der Waals surface area (Å²) in [5, 5.41) is 0. The number of nitrogens with zero attached hydrogens (tertiary/aromatic N) is 4. The zero-order valence-corrected chi connectivity index (χ0v) is 18.3. The maximum Gasteiger partial charge on any atom is 0.409 e. The van der Waals surface area contributed by atoms with Crippen LogP contribution in [-0.4, -0.2) is 70.5 Å². The number of nitrogens with one attached hydrogen (secondary N) is 1. The van der Waals surface area contributed by atoms with Gasteiger partial charge in [0, 0.05) is 32.8 Å². The molecule has 1 saturated heterocycles. The van der Waals surface area contributed by atoms with E-state index in [0.29, 0.717) is 63.0 Å². The molecule has 1 amide bonds. The molecular formula is C20H32N6O5. The van der Waals surface area contributed by atoms with E-state index >= 15 is 0 Å². The first-order valence-electron chi connectivity index (χ1n) is 10.8. The first-order chi connectivity index (χ1) is 15.0. The number of aromatic amines is 1. The Labute approximate surface area is 180 Å². The van der Waals surface area contributed by atoms with E-state index in [1.54, 1.807) is 4.90 Å². The Morgan fingerprint density at radius 3 is 2.71 bits per heavy atom. The standard InChI is InChI=1S/C20H32N6O5/c1-3-4-12-31-18-23-16(21)15-17(24-18)26(19(27)22-15)8-5-11-30-13-14-6-9-25(10-7-14)20(28)29-2/h14H,3-13H2,1-2H3,(H,22,27)(H2,21,23,24). The molecule has 1 aliphatic heterocycles. The molecule has 0 saturated carbocycles. The number of aromatic nitrogens is 4. The number of carbonyl (C=O) groups excluding carboxylic acids is 1. The summed E-state index contributed by atoms with van der Waals surface area (Å²) < 4.78 is 17.7. The van der Waals surface area contributed by atoms with Crippen molar-refractivity contribution >= 4 is 23.1 Å². The lowest BCUT2D eigenvalue weighted by Gasteiger charge is -2.30. The van der Waals surface area contributed by atoms with Crippen LogP contribution in [-0.2, 0) is 16.0 Å². The largest absolute Gasteiger partial charge is 0.463 e. The zero-order chi connectivity index (χ0) is 22.2. The summed E-state index contributed by atoms with van der Waals surface area (Å²) in [5.74, 6) is 0.619. The quantitative estimate of drug-likeness (QED) is 0.538.